The van der Waals surface area contributed by atoms with Gasteiger partial charge in [0.05, 0.1) is 0 Å². The van der Waals surface area contributed by atoms with Crippen LogP contribution in [0.1, 0.15) is 22.4 Å². The van der Waals surface area contributed by atoms with E-state index in [1.54, 1.807) is 12.4 Å². The summed E-state index contributed by atoms with van der Waals surface area (Å²) in [6.45, 7) is 1.97. The fraction of sp³-hybridized carbons (Fsp3) is 0.368. The van der Waals surface area contributed by atoms with Crippen molar-refractivity contribution in [3.63, 3.8) is 0 Å². The van der Waals surface area contributed by atoms with Gasteiger partial charge >= 0.3 is 6.03 Å². The number of nitrogens with zero attached hydrogens (tertiary/aromatic N) is 3. The molecule has 1 fully saturated rings. The zero-order chi connectivity index (χ0) is 18.9. The Kier molecular flexibility index (Phi) is 4.91. The van der Waals surface area contributed by atoms with E-state index in [0.29, 0.717) is 19.3 Å². The van der Waals surface area contributed by atoms with Gasteiger partial charge in [-0.1, -0.05) is 0 Å². The Morgan fingerprint density at radius 3 is 2.19 bits per heavy atom. The number of hydrogen-bond acceptors (Lipinski definition) is 5. The van der Waals surface area contributed by atoms with Gasteiger partial charge in [0, 0.05) is 37.8 Å². The van der Waals surface area contributed by atoms with Gasteiger partial charge in [-0.25, -0.2) is 4.79 Å². The lowest BCUT2D eigenvalue weighted by molar-refractivity contribution is -0.157. The van der Waals surface area contributed by atoms with E-state index in [1.165, 1.54) is 25.4 Å². The summed E-state index contributed by atoms with van der Waals surface area (Å²) >= 11 is 1.53. The number of urea groups is 1. The fourth-order valence-corrected chi connectivity index (χ4v) is 4.37. The third kappa shape index (κ3) is 3.03. The zero-order valence-corrected chi connectivity index (χ0v) is 15.9. The number of aromatic nitrogens is 1. The van der Waals surface area contributed by atoms with Crippen LogP contribution in [-0.2, 0) is 22.4 Å². The third-order valence-electron chi connectivity index (χ3n) is 5.02. The second kappa shape index (κ2) is 6.99. The van der Waals surface area contributed by atoms with Gasteiger partial charge in [0.25, 0.3) is 0 Å². The molecular formula is C19H21N3O3S. The highest BCUT2D eigenvalue weighted by atomic mass is 32.1. The minimum Gasteiger partial charge on any atom is -0.273 e. The molecule has 7 heteroatoms. The molecule has 0 bridgehead atoms. The van der Waals surface area contributed by atoms with E-state index >= 15 is 0 Å². The van der Waals surface area contributed by atoms with Crippen LogP contribution in [0.3, 0.4) is 0 Å². The summed E-state index contributed by atoms with van der Waals surface area (Å²) < 4.78 is 0. The molecule has 0 aliphatic carbocycles. The number of hydrogen-bond donors (Lipinski definition) is 0. The van der Waals surface area contributed by atoms with Crippen molar-refractivity contribution in [2.75, 3.05) is 14.1 Å². The molecule has 3 rings (SSSR count). The first-order valence-electron chi connectivity index (χ1n) is 8.39. The van der Waals surface area contributed by atoms with Gasteiger partial charge in [0.2, 0.25) is 11.8 Å². The third-order valence-corrected chi connectivity index (χ3v) is 6.05. The largest absolute Gasteiger partial charge is 0.332 e. The molecule has 0 N–H and O–H groups in total. The molecule has 0 saturated carbocycles. The van der Waals surface area contributed by atoms with Crippen molar-refractivity contribution in [1.29, 1.82) is 0 Å². The molecule has 0 radical (unpaired) electrons. The van der Waals surface area contributed by atoms with Gasteiger partial charge in [0.1, 0.15) is 5.41 Å². The van der Waals surface area contributed by atoms with Crippen molar-refractivity contribution in [2.45, 2.75) is 26.2 Å². The first-order valence-corrected chi connectivity index (χ1v) is 9.27. The van der Waals surface area contributed by atoms with Crippen LogP contribution in [0.4, 0.5) is 4.79 Å². The summed E-state index contributed by atoms with van der Waals surface area (Å²) in [7, 11) is 2.88. The lowest BCUT2D eigenvalue weighted by atomic mass is 9.74. The zero-order valence-electron chi connectivity index (χ0n) is 15.1. The van der Waals surface area contributed by atoms with Crippen LogP contribution in [-0.4, -0.2) is 46.7 Å². The maximum absolute atomic E-state index is 13.1. The van der Waals surface area contributed by atoms with Crippen LogP contribution < -0.4 is 0 Å². The Labute approximate surface area is 156 Å². The predicted octanol–water partition coefficient (Wildman–Crippen LogP) is 2.66. The molecule has 6 nitrogen and oxygen atoms in total. The topological polar surface area (TPSA) is 70.6 Å². The van der Waals surface area contributed by atoms with E-state index in [1.807, 2.05) is 30.5 Å². The van der Waals surface area contributed by atoms with E-state index in [2.05, 4.69) is 4.98 Å². The van der Waals surface area contributed by atoms with Crippen LogP contribution in [0, 0.1) is 12.3 Å². The molecule has 0 spiro atoms. The Morgan fingerprint density at radius 1 is 1.04 bits per heavy atom. The molecule has 4 amide bonds. The van der Waals surface area contributed by atoms with Crippen molar-refractivity contribution in [2.24, 2.45) is 5.41 Å². The van der Waals surface area contributed by atoms with Crippen molar-refractivity contribution in [3.05, 3.63) is 52.0 Å². The van der Waals surface area contributed by atoms with Crippen molar-refractivity contribution in [3.8, 4) is 0 Å². The van der Waals surface area contributed by atoms with E-state index in [-0.39, 0.29) is 0 Å². The second-order valence-corrected chi connectivity index (χ2v) is 7.65. The van der Waals surface area contributed by atoms with Gasteiger partial charge in [-0.2, -0.15) is 0 Å². The molecular weight excluding hydrogens is 350 g/mol. The van der Waals surface area contributed by atoms with Gasteiger partial charge in [-0.15, -0.1) is 11.3 Å². The van der Waals surface area contributed by atoms with E-state index < -0.39 is 23.3 Å². The van der Waals surface area contributed by atoms with Crippen molar-refractivity contribution < 1.29 is 14.4 Å². The molecule has 1 saturated heterocycles. The van der Waals surface area contributed by atoms with Crippen LogP contribution in [0.5, 0.6) is 0 Å². The Morgan fingerprint density at radius 2 is 1.65 bits per heavy atom. The van der Waals surface area contributed by atoms with E-state index in [9.17, 15) is 14.4 Å². The van der Waals surface area contributed by atoms with Gasteiger partial charge in [-0.3, -0.25) is 24.4 Å². The normalized spacial score (nSPS) is 17.1. The molecule has 0 unspecified atom stereocenters. The number of rotatable bonds is 5. The lowest BCUT2D eigenvalue weighted by Gasteiger charge is -2.41. The molecule has 0 aromatic carbocycles. The smallest absolute Gasteiger partial charge is 0.273 e. The summed E-state index contributed by atoms with van der Waals surface area (Å²) in [5.74, 6) is -0.847. The quantitative estimate of drug-likeness (QED) is 0.758. The monoisotopic (exact) mass is 371 g/mol. The highest BCUT2D eigenvalue weighted by molar-refractivity contribution is 7.10. The van der Waals surface area contributed by atoms with E-state index in [4.69, 9.17) is 0 Å². The first kappa shape index (κ1) is 18.3. The minimum absolute atomic E-state index is 0.307. The maximum atomic E-state index is 13.1. The van der Waals surface area contributed by atoms with Crippen LogP contribution in [0.2, 0.25) is 0 Å². The average molecular weight is 371 g/mol. The number of thiophene rings is 1. The molecule has 3 heterocycles. The molecule has 1 aliphatic heterocycles. The summed E-state index contributed by atoms with van der Waals surface area (Å²) in [5, 5.41) is 1.96. The number of carbonyl (C=O) groups is 3. The fourth-order valence-electron chi connectivity index (χ4n) is 3.35. The lowest BCUT2D eigenvalue weighted by Crippen LogP contribution is -2.63. The highest BCUT2D eigenvalue weighted by Crippen LogP contribution is 2.38. The maximum Gasteiger partial charge on any atom is 0.332 e. The second-order valence-electron chi connectivity index (χ2n) is 6.65. The number of aryl methyl sites for hydroxylation is 2. The van der Waals surface area contributed by atoms with Crippen LogP contribution >= 0.6 is 11.3 Å². The van der Waals surface area contributed by atoms with Crippen molar-refractivity contribution >= 4 is 29.2 Å². The summed E-state index contributed by atoms with van der Waals surface area (Å²) in [6.07, 6.45) is 4.59. The van der Waals surface area contributed by atoms with Gasteiger partial charge < -0.3 is 0 Å². The van der Waals surface area contributed by atoms with E-state index in [0.717, 1.165) is 25.8 Å². The molecule has 136 valence electrons. The van der Waals surface area contributed by atoms with Crippen LogP contribution in [0.15, 0.2) is 36.0 Å². The molecule has 0 atom stereocenters. The van der Waals surface area contributed by atoms with Crippen LogP contribution in [0.25, 0.3) is 0 Å². The first-order chi connectivity index (χ1) is 12.4. The Bertz CT molecular complexity index is 823. The number of pyridine rings is 1. The summed E-state index contributed by atoms with van der Waals surface area (Å²) in [5.41, 5.74) is 0.794. The predicted molar refractivity (Wildman–Crippen MR) is 98.7 cm³/mol. The van der Waals surface area contributed by atoms with Gasteiger partial charge in [-0.05, 0) is 54.5 Å². The average Bonchev–Trinajstić information content (AvgIpc) is 3.06. The number of carbonyl (C=O) groups excluding carboxylic acids is 3. The number of barbiturate groups is 1. The van der Waals surface area contributed by atoms with Gasteiger partial charge in [0.15, 0.2) is 0 Å². The van der Waals surface area contributed by atoms with Crippen molar-refractivity contribution in [1.82, 2.24) is 14.8 Å². The molecule has 26 heavy (non-hydrogen) atoms. The SMILES string of the molecule is Cc1ccsc1CC1(CCc2ccncc2)C(=O)N(C)C(=O)N(C)C1=O. The molecule has 2 aromatic rings. The standard InChI is InChI=1S/C19H21N3O3S/c1-13-7-11-26-15(13)12-19(8-4-14-5-9-20-10-6-14)16(23)21(2)18(25)22(3)17(19)24/h5-7,9-11H,4,8,12H2,1-3H3. The highest BCUT2D eigenvalue weighted by Gasteiger charge is 2.55. The Balaban J connectivity index is 2.00. The summed E-state index contributed by atoms with van der Waals surface area (Å²) in [6, 6.07) is 5.15. The molecule has 2 aromatic heterocycles. The number of amides is 4. The summed E-state index contributed by atoms with van der Waals surface area (Å²) in [4.78, 5) is 45.6. The number of imide groups is 2. The molecule has 1 aliphatic rings. The Hall–Kier alpha value is -2.54. The minimum atomic E-state index is -1.27.